The van der Waals surface area contributed by atoms with E-state index in [0.29, 0.717) is 6.54 Å². The van der Waals surface area contributed by atoms with Gasteiger partial charge < -0.3 is 10.8 Å². The summed E-state index contributed by atoms with van der Waals surface area (Å²) in [7, 11) is 0. The van der Waals surface area contributed by atoms with Crippen molar-refractivity contribution in [2.45, 2.75) is 38.3 Å². The lowest BCUT2D eigenvalue weighted by Crippen LogP contribution is -2.31. The first kappa shape index (κ1) is 11.1. The topological polar surface area (TPSA) is 81.1 Å². The zero-order valence-electron chi connectivity index (χ0n) is 9.17. The van der Waals surface area contributed by atoms with Gasteiger partial charge in [0.25, 0.3) is 0 Å². The molecular weight excluding hydrogens is 206 g/mol. The molecule has 0 radical (unpaired) electrons. The van der Waals surface area contributed by atoms with Crippen molar-refractivity contribution >= 4 is 5.97 Å². The molecule has 5 heteroatoms. The van der Waals surface area contributed by atoms with Gasteiger partial charge in [-0.3, -0.25) is 9.48 Å². The molecule has 0 aromatic carbocycles. The lowest BCUT2D eigenvalue weighted by molar-refractivity contribution is -0.144. The molecule has 2 atom stereocenters. The smallest absolute Gasteiger partial charge is 0.308 e. The number of carbonyl (C=O) groups is 1. The Labute approximate surface area is 94.2 Å². The van der Waals surface area contributed by atoms with Crippen LogP contribution >= 0.6 is 0 Å². The summed E-state index contributed by atoms with van der Waals surface area (Å²) >= 11 is 0. The number of carboxylic acid groups (broad SMARTS) is 1. The summed E-state index contributed by atoms with van der Waals surface area (Å²) in [6.07, 6.45) is 5.37. The number of carboxylic acids is 1. The van der Waals surface area contributed by atoms with Crippen LogP contribution in [0.25, 0.3) is 0 Å². The molecule has 1 aliphatic rings. The molecular formula is C11H17N3O2. The molecule has 1 saturated carbocycles. The summed E-state index contributed by atoms with van der Waals surface area (Å²) in [6.45, 7) is 0.406. The standard InChI is InChI=1S/C11H17N3O2/c12-7-8-5-6-13-14(8)10-4-2-1-3-9(10)11(15)16/h5-6,9-10H,1-4,7,12H2,(H,15,16). The van der Waals surface area contributed by atoms with Crippen LogP contribution < -0.4 is 5.73 Å². The summed E-state index contributed by atoms with van der Waals surface area (Å²) in [4.78, 5) is 11.2. The van der Waals surface area contributed by atoms with Crippen molar-refractivity contribution in [2.75, 3.05) is 0 Å². The van der Waals surface area contributed by atoms with Crippen molar-refractivity contribution in [3.05, 3.63) is 18.0 Å². The van der Waals surface area contributed by atoms with Gasteiger partial charge in [0.2, 0.25) is 0 Å². The van der Waals surface area contributed by atoms with E-state index in [4.69, 9.17) is 5.73 Å². The van der Waals surface area contributed by atoms with Crippen LogP contribution in [0.2, 0.25) is 0 Å². The molecule has 16 heavy (non-hydrogen) atoms. The molecule has 5 nitrogen and oxygen atoms in total. The number of nitrogens with two attached hydrogens (primary N) is 1. The van der Waals surface area contributed by atoms with Crippen molar-refractivity contribution in [2.24, 2.45) is 11.7 Å². The van der Waals surface area contributed by atoms with Gasteiger partial charge >= 0.3 is 5.97 Å². The zero-order valence-corrected chi connectivity index (χ0v) is 9.17. The minimum atomic E-state index is -0.719. The third-order valence-corrected chi connectivity index (χ3v) is 3.32. The molecule has 0 aliphatic heterocycles. The monoisotopic (exact) mass is 223 g/mol. The second-order valence-corrected chi connectivity index (χ2v) is 4.27. The first-order valence-electron chi connectivity index (χ1n) is 5.69. The van der Waals surface area contributed by atoms with Crippen LogP contribution in [-0.2, 0) is 11.3 Å². The van der Waals surface area contributed by atoms with Crippen LogP contribution in [0.4, 0.5) is 0 Å². The minimum Gasteiger partial charge on any atom is -0.481 e. The van der Waals surface area contributed by atoms with Crippen molar-refractivity contribution in [3.63, 3.8) is 0 Å². The molecule has 0 saturated heterocycles. The van der Waals surface area contributed by atoms with E-state index >= 15 is 0 Å². The Kier molecular flexibility index (Phi) is 3.24. The summed E-state index contributed by atoms with van der Waals surface area (Å²) in [5.41, 5.74) is 6.53. The van der Waals surface area contributed by atoms with E-state index in [-0.39, 0.29) is 12.0 Å². The predicted octanol–water partition coefficient (Wildman–Crippen LogP) is 1.16. The predicted molar refractivity (Wildman–Crippen MR) is 58.7 cm³/mol. The van der Waals surface area contributed by atoms with Gasteiger partial charge in [0.15, 0.2) is 0 Å². The highest BCUT2D eigenvalue weighted by Crippen LogP contribution is 2.34. The van der Waals surface area contributed by atoms with E-state index in [0.717, 1.165) is 31.4 Å². The maximum atomic E-state index is 11.2. The SMILES string of the molecule is NCc1ccnn1C1CCCCC1C(=O)O. The van der Waals surface area contributed by atoms with E-state index in [9.17, 15) is 9.90 Å². The van der Waals surface area contributed by atoms with E-state index in [2.05, 4.69) is 5.10 Å². The summed E-state index contributed by atoms with van der Waals surface area (Å²) in [6, 6.07) is 1.83. The summed E-state index contributed by atoms with van der Waals surface area (Å²) < 4.78 is 1.80. The largest absolute Gasteiger partial charge is 0.481 e. The van der Waals surface area contributed by atoms with Crippen LogP contribution in [0.15, 0.2) is 12.3 Å². The van der Waals surface area contributed by atoms with Crippen molar-refractivity contribution < 1.29 is 9.90 Å². The molecule has 1 fully saturated rings. The highest BCUT2D eigenvalue weighted by Gasteiger charge is 2.33. The molecule has 0 bridgehead atoms. The molecule has 0 amide bonds. The van der Waals surface area contributed by atoms with Crippen LogP contribution in [-0.4, -0.2) is 20.9 Å². The lowest BCUT2D eigenvalue weighted by atomic mass is 9.84. The normalized spacial score (nSPS) is 25.6. The highest BCUT2D eigenvalue weighted by atomic mass is 16.4. The second kappa shape index (κ2) is 4.65. The van der Waals surface area contributed by atoms with E-state index in [1.165, 1.54) is 0 Å². The number of hydrogen-bond acceptors (Lipinski definition) is 3. The van der Waals surface area contributed by atoms with Gasteiger partial charge in [0, 0.05) is 12.7 Å². The third kappa shape index (κ3) is 1.95. The molecule has 0 spiro atoms. The maximum Gasteiger partial charge on any atom is 0.308 e. The summed E-state index contributed by atoms with van der Waals surface area (Å²) in [5.74, 6) is -1.04. The Bertz CT molecular complexity index is 375. The van der Waals surface area contributed by atoms with Crippen molar-refractivity contribution in [1.82, 2.24) is 9.78 Å². The molecule has 1 aromatic heterocycles. The number of rotatable bonds is 3. The van der Waals surface area contributed by atoms with Crippen molar-refractivity contribution in [3.8, 4) is 0 Å². The van der Waals surface area contributed by atoms with Gasteiger partial charge in [-0.15, -0.1) is 0 Å². The molecule has 88 valence electrons. The van der Waals surface area contributed by atoms with Gasteiger partial charge in [-0.05, 0) is 18.9 Å². The zero-order chi connectivity index (χ0) is 11.5. The van der Waals surface area contributed by atoms with Crippen LogP contribution in [0.3, 0.4) is 0 Å². The maximum absolute atomic E-state index is 11.2. The average Bonchev–Trinajstić information content (AvgIpc) is 2.76. The molecule has 1 heterocycles. The number of aliphatic carboxylic acids is 1. The third-order valence-electron chi connectivity index (χ3n) is 3.32. The van der Waals surface area contributed by atoms with Gasteiger partial charge in [-0.1, -0.05) is 12.8 Å². The van der Waals surface area contributed by atoms with E-state index < -0.39 is 5.97 Å². The fraction of sp³-hybridized carbons (Fsp3) is 0.636. The number of nitrogens with zero attached hydrogens (tertiary/aromatic N) is 2. The molecule has 2 unspecified atom stereocenters. The number of aromatic nitrogens is 2. The van der Waals surface area contributed by atoms with Crippen LogP contribution in [0, 0.1) is 5.92 Å². The Morgan fingerprint density at radius 1 is 1.56 bits per heavy atom. The average molecular weight is 223 g/mol. The van der Waals surface area contributed by atoms with Gasteiger partial charge in [-0.25, -0.2) is 0 Å². The number of hydrogen-bond donors (Lipinski definition) is 2. The minimum absolute atomic E-state index is 0.0280. The second-order valence-electron chi connectivity index (χ2n) is 4.27. The quantitative estimate of drug-likeness (QED) is 0.805. The Hall–Kier alpha value is -1.36. The molecule has 1 aliphatic carbocycles. The fourth-order valence-electron chi connectivity index (χ4n) is 2.49. The first-order valence-corrected chi connectivity index (χ1v) is 5.69. The van der Waals surface area contributed by atoms with Gasteiger partial charge in [-0.2, -0.15) is 5.10 Å². The Morgan fingerprint density at radius 3 is 3.00 bits per heavy atom. The highest BCUT2D eigenvalue weighted by molar-refractivity contribution is 5.70. The summed E-state index contributed by atoms with van der Waals surface area (Å²) in [5, 5.41) is 13.4. The fourth-order valence-corrected chi connectivity index (χ4v) is 2.49. The van der Waals surface area contributed by atoms with Gasteiger partial charge in [0.1, 0.15) is 0 Å². The Morgan fingerprint density at radius 2 is 2.31 bits per heavy atom. The molecule has 1 aromatic rings. The Balaban J connectivity index is 2.26. The van der Waals surface area contributed by atoms with Gasteiger partial charge in [0.05, 0.1) is 17.7 Å². The van der Waals surface area contributed by atoms with Crippen LogP contribution in [0.5, 0.6) is 0 Å². The molecule has 2 rings (SSSR count). The van der Waals surface area contributed by atoms with E-state index in [1.807, 2.05) is 6.07 Å². The molecule has 3 N–H and O–H groups in total. The van der Waals surface area contributed by atoms with E-state index in [1.54, 1.807) is 10.9 Å². The first-order chi connectivity index (χ1) is 7.74. The van der Waals surface area contributed by atoms with Crippen LogP contribution in [0.1, 0.15) is 37.4 Å². The lowest BCUT2D eigenvalue weighted by Gasteiger charge is -2.29. The van der Waals surface area contributed by atoms with Crippen molar-refractivity contribution in [1.29, 1.82) is 0 Å².